The molecule has 0 bridgehead atoms. The predicted molar refractivity (Wildman–Crippen MR) is 114 cm³/mol. The summed E-state index contributed by atoms with van der Waals surface area (Å²) in [6, 6.07) is 22.0. The van der Waals surface area contributed by atoms with Crippen molar-refractivity contribution < 1.29 is 14.7 Å². The lowest BCUT2D eigenvalue weighted by Crippen LogP contribution is -2.23. The van der Waals surface area contributed by atoms with E-state index in [0.717, 1.165) is 16.7 Å². The number of aryl methyl sites for hydroxylation is 2. The van der Waals surface area contributed by atoms with Crippen molar-refractivity contribution in [1.29, 1.82) is 0 Å². The largest absolute Gasteiger partial charge is 0.506 e. The fourth-order valence-corrected chi connectivity index (χ4v) is 2.91. The highest BCUT2D eigenvalue weighted by Gasteiger charge is 2.09. The molecule has 5 heteroatoms. The summed E-state index contributed by atoms with van der Waals surface area (Å²) >= 11 is 0. The predicted octanol–water partition coefficient (Wildman–Crippen LogP) is 4.20. The van der Waals surface area contributed by atoms with Gasteiger partial charge in [0.05, 0.1) is 5.69 Å². The van der Waals surface area contributed by atoms with Crippen molar-refractivity contribution in [2.45, 2.75) is 26.3 Å². The fourth-order valence-electron chi connectivity index (χ4n) is 2.91. The summed E-state index contributed by atoms with van der Waals surface area (Å²) in [4.78, 5) is 24.4. The quantitative estimate of drug-likeness (QED) is 0.531. The number of nitrogens with one attached hydrogen (secondary N) is 2. The monoisotopic (exact) mass is 388 g/mol. The van der Waals surface area contributed by atoms with E-state index in [2.05, 4.69) is 10.6 Å². The number of hydrogen-bond donors (Lipinski definition) is 3. The Morgan fingerprint density at radius 3 is 2.34 bits per heavy atom. The zero-order chi connectivity index (χ0) is 20.6. The molecule has 0 fully saturated rings. The lowest BCUT2D eigenvalue weighted by Gasteiger charge is -2.09. The topological polar surface area (TPSA) is 78.4 Å². The van der Waals surface area contributed by atoms with Gasteiger partial charge in [-0.1, -0.05) is 48.5 Å². The molecule has 0 unspecified atom stereocenters. The smallest absolute Gasteiger partial charge is 0.255 e. The Morgan fingerprint density at radius 1 is 0.897 bits per heavy atom. The molecule has 0 radical (unpaired) electrons. The maximum atomic E-state index is 12.4. The molecule has 0 aliphatic carbocycles. The number of phenolic OH excluding ortho intramolecular Hbond substituents is 1. The number of carbonyl (C=O) groups excluding carboxylic acids is 2. The molecular weight excluding hydrogens is 364 g/mol. The summed E-state index contributed by atoms with van der Waals surface area (Å²) < 4.78 is 0. The van der Waals surface area contributed by atoms with Gasteiger partial charge in [0.25, 0.3) is 5.91 Å². The summed E-state index contributed by atoms with van der Waals surface area (Å²) in [5.74, 6) is -0.284. The van der Waals surface area contributed by atoms with Gasteiger partial charge in [-0.05, 0) is 54.3 Å². The Labute approximate surface area is 170 Å². The molecule has 0 heterocycles. The van der Waals surface area contributed by atoms with Gasteiger partial charge in [-0.25, -0.2) is 0 Å². The molecule has 3 rings (SSSR count). The van der Waals surface area contributed by atoms with Crippen LogP contribution in [0, 0.1) is 6.92 Å². The Bertz CT molecular complexity index is 983. The Kier molecular flexibility index (Phi) is 6.63. The van der Waals surface area contributed by atoms with E-state index in [9.17, 15) is 14.7 Å². The van der Waals surface area contributed by atoms with Crippen molar-refractivity contribution in [2.75, 3.05) is 5.32 Å². The van der Waals surface area contributed by atoms with Crippen LogP contribution >= 0.6 is 0 Å². The van der Waals surface area contributed by atoms with Crippen molar-refractivity contribution in [1.82, 2.24) is 5.32 Å². The molecular formula is C24H24N2O3. The van der Waals surface area contributed by atoms with E-state index in [1.165, 1.54) is 0 Å². The van der Waals surface area contributed by atoms with Gasteiger partial charge in [-0.2, -0.15) is 0 Å². The third-order valence-corrected chi connectivity index (χ3v) is 4.59. The fraction of sp³-hybridized carbons (Fsp3) is 0.167. The first kappa shape index (κ1) is 20.1. The minimum absolute atomic E-state index is 0.00871. The molecule has 2 amide bonds. The van der Waals surface area contributed by atoms with Crippen LogP contribution in [0.15, 0.2) is 72.8 Å². The van der Waals surface area contributed by atoms with Crippen LogP contribution in [0.25, 0.3) is 0 Å². The third kappa shape index (κ3) is 5.94. The summed E-state index contributed by atoms with van der Waals surface area (Å²) in [6.07, 6.45) is 1.14. The van der Waals surface area contributed by atoms with Gasteiger partial charge in [0.2, 0.25) is 5.91 Å². The second kappa shape index (κ2) is 9.55. The lowest BCUT2D eigenvalue weighted by atomic mass is 10.1. The third-order valence-electron chi connectivity index (χ3n) is 4.59. The van der Waals surface area contributed by atoms with Crippen LogP contribution in [0.5, 0.6) is 5.75 Å². The molecule has 29 heavy (non-hydrogen) atoms. The minimum atomic E-state index is -0.302. The second-order valence-corrected chi connectivity index (χ2v) is 6.93. The highest BCUT2D eigenvalue weighted by Crippen LogP contribution is 2.24. The van der Waals surface area contributed by atoms with Crippen molar-refractivity contribution in [3.05, 3.63) is 95.1 Å². The maximum absolute atomic E-state index is 12.4. The average Bonchev–Trinajstić information content (AvgIpc) is 2.74. The minimum Gasteiger partial charge on any atom is -0.506 e. The molecule has 0 aliphatic heterocycles. The van der Waals surface area contributed by atoms with Gasteiger partial charge >= 0.3 is 0 Å². The van der Waals surface area contributed by atoms with Crippen molar-refractivity contribution in [3.63, 3.8) is 0 Å². The lowest BCUT2D eigenvalue weighted by molar-refractivity contribution is -0.121. The van der Waals surface area contributed by atoms with Gasteiger partial charge < -0.3 is 15.7 Å². The number of aromatic hydroxyl groups is 1. The van der Waals surface area contributed by atoms with Crippen LogP contribution in [-0.2, 0) is 17.8 Å². The number of hydrogen-bond acceptors (Lipinski definition) is 3. The highest BCUT2D eigenvalue weighted by molar-refractivity contribution is 6.05. The van der Waals surface area contributed by atoms with Gasteiger partial charge in [0, 0.05) is 18.5 Å². The van der Waals surface area contributed by atoms with Crippen LogP contribution in [-0.4, -0.2) is 16.9 Å². The zero-order valence-corrected chi connectivity index (χ0v) is 16.3. The number of carbonyl (C=O) groups is 2. The van der Waals surface area contributed by atoms with Crippen LogP contribution in [0.1, 0.15) is 33.5 Å². The molecule has 3 N–H and O–H groups in total. The first-order chi connectivity index (χ1) is 14.0. The molecule has 0 saturated carbocycles. The molecule has 0 atom stereocenters. The van der Waals surface area contributed by atoms with Gasteiger partial charge in [0.1, 0.15) is 5.75 Å². The van der Waals surface area contributed by atoms with Gasteiger partial charge in [0.15, 0.2) is 0 Å². The molecule has 0 spiro atoms. The van der Waals surface area contributed by atoms with Crippen LogP contribution in [0.2, 0.25) is 0 Å². The number of amides is 2. The van der Waals surface area contributed by atoms with E-state index in [4.69, 9.17) is 0 Å². The number of anilines is 1. The van der Waals surface area contributed by atoms with Gasteiger partial charge in [-0.3, -0.25) is 9.59 Å². The number of rotatable bonds is 7. The van der Waals surface area contributed by atoms with E-state index in [1.807, 2.05) is 49.4 Å². The van der Waals surface area contributed by atoms with Crippen molar-refractivity contribution in [3.8, 4) is 5.75 Å². The van der Waals surface area contributed by atoms with Crippen molar-refractivity contribution >= 4 is 17.5 Å². The normalized spacial score (nSPS) is 10.4. The molecule has 3 aromatic carbocycles. The van der Waals surface area contributed by atoms with E-state index < -0.39 is 0 Å². The molecule has 3 aromatic rings. The standard InChI is InChI=1S/C24H24N2O3/c1-17-7-13-22(27)21(15-17)26-24(29)20-11-8-19(9-12-20)16-25-23(28)14-10-18-5-3-2-4-6-18/h2-9,11-13,15,27H,10,14,16H2,1H3,(H,25,28)(H,26,29). The molecule has 148 valence electrons. The van der Waals surface area contributed by atoms with E-state index >= 15 is 0 Å². The second-order valence-electron chi connectivity index (χ2n) is 6.93. The van der Waals surface area contributed by atoms with E-state index in [-0.39, 0.29) is 17.6 Å². The molecule has 0 saturated heterocycles. The zero-order valence-electron chi connectivity index (χ0n) is 16.3. The molecule has 0 aliphatic rings. The summed E-state index contributed by atoms with van der Waals surface area (Å²) in [5, 5.41) is 15.5. The Morgan fingerprint density at radius 2 is 1.62 bits per heavy atom. The highest BCUT2D eigenvalue weighted by atomic mass is 16.3. The van der Waals surface area contributed by atoms with Gasteiger partial charge in [-0.15, -0.1) is 0 Å². The average molecular weight is 388 g/mol. The number of phenols is 1. The SMILES string of the molecule is Cc1ccc(O)c(NC(=O)c2ccc(CNC(=O)CCc3ccccc3)cc2)c1. The number of benzene rings is 3. The first-order valence-electron chi connectivity index (χ1n) is 9.52. The van der Waals surface area contributed by atoms with Crippen molar-refractivity contribution in [2.24, 2.45) is 0 Å². The summed E-state index contributed by atoms with van der Waals surface area (Å²) in [7, 11) is 0. The van der Waals surface area contributed by atoms with E-state index in [0.29, 0.717) is 30.6 Å². The van der Waals surface area contributed by atoms with Crippen LogP contribution in [0.4, 0.5) is 5.69 Å². The Balaban J connectivity index is 1.50. The summed E-state index contributed by atoms with van der Waals surface area (Å²) in [5.41, 5.74) is 3.84. The summed E-state index contributed by atoms with van der Waals surface area (Å²) in [6.45, 7) is 2.30. The van der Waals surface area contributed by atoms with Crippen LogP contribution in [0.3, 0.4) is 0 Å². The Hall–Kier alpha value is -3.60. The molecule has 0 aromatic heterocycles. The maximum Gasteiger partial charge on any atom is 0.255 e. The molecule has 5 nitrogen and oxygen atoms in total. The van der Waals surface area contributed by atoms with E-state index in [1.54, 1.807) is 30.3 Å². The first-order valence-corrected chi connectivity index (χ1v) is 9.52. The van der Waals surface area contributed by atoms with Crippen LogP contribution < -0.4 is 10.6 Å².